The second-order valence-electron chi connectivity index (χ2n) is 4.77. The van der Waals surface area contributed by atoms with E-state index < -0.39 is 5.91 Å². The Morgan fingerprint density at radius 1 is 1.19 bits per heavy atom. The number of H-pyrrole nitrogens is 2. The summed E-state index contributed by atoms with van der Waals surface area (Å²) in [5.74, 6) is -0.459. The standard InChI is InChI=1S/C15H11N5O/c16-14(21)9-4-2-1-3-8(9)12-10-5-6-17-15(10)19-11-7-18-20-13(11)12/h1-7H,(H2,16,21)(H,17,19)(H,18,20). The lowest BCUT2D eigenvalue weighted by molar-refractivity contribution is 0.100. The Morgan fingerprint density at radius 2 is 2.05 bits per heavy atom. The van der Waals surface area contributed by atoms with E-state index >= 15 is 0 Å². The molecule has 1 aromatic carbocycles. The lowest BCUT2D eigenvalue weighted by Gasteiger charge is -2.09. The van der Waals surface area contributed by atoms with Crippen LogP contribution in [0.1, 0.15) is 10.4 Å². The van der Waals surface area contributed by atoms with Crippen LogP contribution in [0, 0.1) is 0 Å². The van der Waals surface area contributed by atoms with Crippen LogP contribution in [0.3, 0.4) is 0 Å². The maximum absolute atomic E-state index is 11.7. The molecule has 102 valence electrons. The molecule has 21 heavy (non-hydrogen) atoms. The predicted octanol–water partition coefficient (Wildman–Crippen LogP) is 2.21. The number of nitrogens with zero attached hydrogens (tertiary/aromatic N) is 2. The highest BCUT2D eigenvalue weighted by Gasteiger charge is 2.17. The maximum Gasteiger partial charge on any atom is 0.249 e. The van der Waals surface area contributed by atoms with Gasteiger partial charge in [-0.3, -0.25) is 9.89 Å². The molecule has 0 aliphatic heterocycles. The van der Waals surface area contributed by atoms with Gasteiger partial charge in [0.05, 0.1) is 11.7 Å². The number of hydrogen-bond donors (Lipinski definition) is 3. The molecule has 4 aromatic rings. The maximum atomic E-state index is 11.7. The molecular weight excluding hydrogens is 266 g/mol. The molecule has 0 bridgehead atoms. The Hall–Kier alpha value is -3.15. The molecule has 0 atom stereocenters. The predicted molar refractivity (Wildman–Crippen MR) is 79.7 cm³/mol. The van der Waals surface area contributed by atoms with Crippen molar-refractivity contribution in [1.82, 2.24) is 20.2 Å². The molecule has 0 aliphatic carbocycles. The van der Waals surface area contributed by atoms with E-state index in [9.17, 15) is 4.79 Å². The number of rotatable bonds is 2. The summed E-state index contributed by atoms with van der Waals surface area (Å²) in [5.41, 5.74) is 9.90. The molecule has 4 N–H and O–H groups in total. The van der Waals surface area contributed by atoms with Crippen LogP contribution >= 0.6 is 0 Å². The Labute approximate surface area is 119 Å². The molecule has 0 unspecified atom stereocenters. The third-order valence-corrected chi connectivity index (χ3v) is 3.56. The summed E-state index contributed by atoms with van der Waals surface area (Å²) in [7, 11) is 0. The first kappa shape index (κ1) is 11.7. The molecule has 0 aliphatic rings. The first-order valence-electron chi connectivity index (χ1n) is 6.45. The molecular formula is C15H11N5O. The van der Waals surface area contributed by atoms with E-state index in [0.29, 0.717) is 5.56 Å². The molecule has 1 amide bonds. The van der Waals surface area contributed by atoms with Gasteiger partial charge in [-0.25, -0.2) is 4.98 Å². The summed E-state index contributed by atoms with van der Waals surface area (Å²) in [4.78, 5) is 19.3. The molecule has 3 heterocycles. The van der Waals surface area contributed by atoms with Gasteiger partial charge in [0.25, 0.3) is 0 Å². The third-order valence-electron chi connectivity index (χ3n) is 3.56. The van der Waals surface area contributed by atoms with Crippen LogP contribution in [-0.4, -0.2) is 26.1 Å². The van der Waals surface area contributed by atoms with Crippen LogP contribution in [0.5, 0.6) is 0 Å². The molecule has 0 saturated heterocycles. The fraction of sp³-hybridized carbons (Fsp3) is 0. The first-order valence-corrected chi connectivity index (χ1v) is 6.45. The number of pyridine rings is 1. The zero-order chi connectivity index (χ0) is 14.4. The zero-order valence-corrected chi connectivity index (χ0v) is 10.9. The van der Waals surface area contributed by atoms with Crippen LogP contribution in [0.15, 0.2) is 42.7 Å². The smallest absolute Gasteiger partial charge is 0.249 e. The van der Waals surface area contributed by atoms with Crippen LogP contribution in [0.4, 0.5) is 0 Å². The van der Waals surface area contributed by atoms with Crippen molar-refractivity contribution >= 4 is 28.0 Å². The Morgan fingerprint density at radius 3 is 2.90 bits per heavy atom. The van der Waals surface area contributed by atoms with E-state index in [0.717, 1.165) is 33.2 Å². The van der Waals surface area contributed by atoms with Gasteiger partial charge in [0.2, 0.25) is 5.91 Å². The lowest BCUT2D eigenvalue weighted by atomic mass is 9.96. The number of carbonyl (C=O) groups is 1. The van der Waals surface area contributed by atoms with Crippen LogP contribution in [0.25, 0.3) is 33.2 Å². The average Bonchev–Trinajstić information content (AvgIpc) is 3.12. The lowest BCUT2D eigenvalue weighted by Crippen LogP contribution is -2.12. The minimum Gasteiger partial charge on any atom is -0.366 e. The van der Waals surface area contributed by atoms with Crippen LogP contribution in [-0.2, 0) is 0 Å². The van der Waals surface area contributed by atoms with E-state index in [1.54, 1.807) is 18.3 Å². The van der Waals surface area contributed by atoms with Crippen molar-refractivity contribution in [2.45, 2.75) is 0 Å². The number of nitrogens with two attached hydrogens (primary N) is 1. The minimum atomic E-state index is -0.459. The fourth-order valence-corrected chi connectivity index (χ4v) is 2.65. The Balaban J connectivity index is 2.20. The topological polar surface area (TPSA) is 100 Å². The van der Waals surface area contributed by atoms with Crippen molar-refractivity contribution in [3.8, 4) is 11.1 Å². The number of fused-ring (bicyclic) bond motifs is 2. The van der Waals surface area contributed by atoms with Crippen molar-refractivity contribution in [3.63, 3.8) is 0 Å². The number of aromatic nitrogens is 4. The van der Waals surface area contributed by atoms with Crippen molar-refractivity contribution in [2.75, 3.05) is 0 Å². The second-order valence-corrected chi connectivity index (χ2v) is 4.77. The molecule has 0 fully saturated rings. The Kier molecular flexibility index (Phi) is 2.32. The highest BCUT2D eigenvalue weighted by Crippen LogP contribution is 2.34. The van der Waals surface area contributed by atoms with Gasteiger partial charge in [-0.05, 0) is 17.7 Å². The number of amides is 1. The largest absolute Gasteiger partial charge is 0.366 e. The summed E-state index contributed by atoms with van der Waals surface area (Å²) in [6.45, 7) is 0. The number of nitrogens with one attached hydrogen (secondary N) is 2. The van der Waals surface area contributed by atoms with Gasteiger partial charge in [-0.1, -0.05) is 18.2 Å². The highest BCUT2D eigenvalue weighted by molar-refractivity contribution is 6.11. The SMILES string of the molecule is NC(=O)c1ccccc1-c1c2cc[nH]c2nc2cn[nH]c12. The number of carbonyl (C=O) groups excluding carboxylic acids is 1. The van der Waals surface area contributed by atoms with Crippen molar-refractivity contribution < 1.29 is 4.79 Å². The highest BCUT2D eigenvalue weighted by atomic mass is 16.1. The van der Waals surface area contributed by atoms with Gasteiger partial charge >= 0.3 is 0 Å². The van der Waals surface area contributed by atoms with E-state index in [4.69, 9.17) is 5.73 Å². The monoisotopic (exact) mass is 277 g/mol. The molecule has 6 nitrogen and oxygen atoms in total. The van der Waals surface area contributed by atoms with Gasteiger partial charge in [0.1, 0.15) is 11.2 Å². The van der Waals surface area contributed by atoms with Gasteiger partial charge in [0.15, 0.2) is 0 Å². The molecule has 0 saturated carbocycles. The molecule has 3 aromatic heterocycles. The molecule has 6 heteroatoms. The quantitative estimate of drug-likeness (QED) is 0.523. The van der Waals surface area contributed by atoms with E-state index in [-0.39, 0.29) is 0 Å². The zero-order valence-electron chi connectivity index (χ0n) is 10.9. The summed E-state index contributed by atoms with van der Waals surface area (Å²) in [5, 5.41) is 7.92. The summed E-state index contributed by atoms with van der Waals surface area (Å²) in [6.07, 6.45) is 3.48. The Bertz CT molecular complexity index is 933. The third kappa shape index (κ3) is 1.62. The van der Waals surface area contributed by atoms with Crippen LogP contribution in [0.2, 0.25) is 0 Å². The van der Waals surface area contributed by atoms with E-state index in [1.807, 2.05) is 24.4 Å². The number of aromatic amines is 2. The van der Waals surface area contributed by atoms with Crippen molar-refractivity contribution in [1.29, 1.82) is 0 Å². The second kappa shape index (κ2) is 4.17. The van der Waals surface area contributed by atoms with Crippen LogP contribution < -0.4 is 5.73 Å². The number of primary amides is 1. The van der Waals surface area contributed by atoms with Crippen molar-refractivity contribution in [2.24, 2.45) is 5.73 Å². The molecule has 0 spiro atoms. The van der Waals surface area contributed by atoms with Gasteiger partial charge < -0.3 is 10.7 Å². The average molecular weight is 277 g/mol. The normalized spacial score (nSPS) is 11.2. The number of benzene rings is 1. The molecule has 0 radical (unpaired) electrons. The molecule has 4 rings (SSSR count). The van der Waals surface area contributed by atoms with Crippen molar-refractivity contribution in [3.05, 3.63) is 48.3 Å². The fourth-order valence-electron chi connectivity index (χ4n) is 2.65. The van der Waals surface area contributed by atoms with E-state index in [1.165, 1.54) is 0 Å². The van der Waals surface area contributed by atoms with E-state index in [2.05, 4.69) is 20.2 Å². The first-order chi connectivity index (χ1) is 10.3. The summed E-state index contributed by atoms with van der Waals surface area (Å²) < 4.78 is 0. The minimum absolute atomic E-state index is 0.459. The summed E-state index contributed by atoms with van der Waals surface area (Å²) in [6, 6.07) is 9.20. The number of hydrogen-bond acceptors (Lipinski definition) is 3. The summed E-state index contributed by atoms with van der Waals surface area (Å²) >= 11 is 0. The van der Waals surface area contributed by atoms with Gasteiger partial charge in [-0.2, -0.15) is 5.10 Å². The van der Waals surface area contributed by atoms with Gasteiger partial charge in [0, 0.05) is 22.7 Å². The van der Waals surface area contributed by atoms with Gasteiger partial charge in [-0.15, -0.1) is 0 Å².